The molecule has 0 aromatic heterocycles. The van der Waals surface area contributed by atoms with E-state index in [2.05, 4.69) is 19.2 Å². The zero-order chi connectivity index (χ0) is 13.4. The number of nitrogens with one attached hydrogen (secondary N) is 1. The molecule has 0 saturated heterocycles. The largest absolute Gasteiger partial charge is 0.353 e. The summed E-state index contributed by atoms with van der Waals surface area (Å²) in [4.78, 5) is 12.2. The molecule has 1 atom stereocenters. The number of nitrogens with two attached hydrogens (primary N) is 1. The van der Waals surface area contributed by atoms with E-state index in [-0.39, 0.29) is 23.7 Å². The first-order chi connectivity index (χ1) is 8.65. The van der Waals surface area contributed by atoms with Gasteiger partial charge in [0.2, 0.25) is 5.91 Å². The normalized spacial score (nSPS) is 19.3. The van der Waals surface area contributed by atoms with Gasteiger partial charge in [-0.1, -0.05) is 39.5 Å². The van der Waals surface area contributed by atoms with Crippen LogP contribution in [0.5, 0.6) is 0 Å². The van der Waals surface area contributed by atoms with E-state index >= 15 is 0 Å². The highest BCUT2D eigenvalue weighted by Gasteiger charge is 2.33. The van der Waals surface area contributed by atoms with Gasteiger partial charge in [0.25, 0.3) is 0 Å². The quantitative estimate of drug-likeness (QED) is 0.755. The molecule has 0 spiro atoms. The minimum Gasteiger partial charge on any atom is -0.353 e. The average Bonchev–Trinajstić information content (AvgIpc) is 2.39. The Balaban J connectivity index is 0.00000324. The minimum atomic E-state index is 0. The van der Waals surface area contributed by atoms with Crippen LogP contribution in [0.4, 0.5) is 0 Å². The van der Waals surface area contributed by atoms with E-state index < -0.39 is 0 Å². The Kier molecular flexibility index (Phi) is 9.46. The summed E-state index contributed by atoms with van der Waals surface area (Å²) in [7, 11) is 0. The lowest BCUT2D eigenvalue weighted by molar-refractivity contribution is -0.124. The van der Waals surface area contributed by atoms with E-state index in [0.29, 0.717) is 19.0 Å². The van der Waals surface area contributed by atoms with Crippen molar-refractivity contribution in [1.82, 2.24) is 5.32 Å². The van der Waals surface area contributed by atoms with Gasteiger partial charge in [-0.3, -0.25) is 4.79 Å². The number of rotatable bonds is 7. The Bertz CT molecular complexity index is 253. The Morgan fingerprint density at radius 1 is 1.26 bits per heavy atom. The van der Waals surface area contributed by atoms with Crippen molar-refractivity contribution in [2.75, 3.05) is 6.54 Å². The first-order valence-electron chi connectivity index (χ1n) is 7.65. The topological polar surface area (TPSA) is 55.1 Å². The van der Waals surface area contributed by atoms with Crippen LogP contribution < -0.4 is 11.1 Å². The molecule has 1 amide bonds. The second-order valence-electron chi connectivity index (χ2n) is 5.90. The zero-order valence-electron chi connectivity index (χ0n) is 12.5. The lowest BCUT2D eigenvalue weighted by Gasteiger charge is -2.36. The zero-order valence-corrected chi connectivity index (χ0v) is 13.4. The molecule has 0 bridgehead atoms. The molecule has 0 aromatic carbocycles. The summed E-state index contributed by atoms with van der Waals surface area (Å²) in [6.07, 6.45) is 9.88. The second kappa shape index (κ2) is 9.60. The van der Waals surface area contributed by atoms with Crippen LogP contribution in [0.25, 0.3) is 0 Å². The maximum absolute atomic E-state index is 12.2. The average molecular weight is 291 g/mol. The molecule has 3 nitrogen and oxygen atoms in total. The van der Waals surface area contributed by atoms with Crippen molar-refractivity contribution in [3.63, 3.8) is 0 Å². The molecule has 1 unspecified atom stereocenters. The molecule has 0 heterocycles. The second-order valence-corrected chi connectivity index (χ2v) is 5.90. The third-order valence-corrected chi connectivity index (χ3v) is 4.38. The molecule has 1 aliphatic carbocycles. The minimum absolute atomic E-state index is 0. The number of amides is 1. The van der Waals surface area contributed by atoms with Crippen LogP contribution in [0.3, 0.4) is 0 Å². The van der Waals surface area contributed by atoms with Crippen LogP contribution >= 0.6 is 12.4 Å². The van der Waals surface area contributed by atoms with Crippen molar-refractivity contribution in [3.05, 3.63) is 0 Å². The number of halogens is 1. The van der Waals surface area contributed by atoms with Crippen molar-refractivity contribution < 1.29 is 4.79 Å². The number of carbonyl (C=O) groups excluding carboxylic acids is 1. The summed E-state index contributed by atoms with van der Waals surface area (Å²) in [6, 6.07) is 0.348. The summed E-state index contributed by atoms with van der Waals surface area (Å²) in [5.41, 5.74) is 6.02. The fourth-order valence-corrected chi connectivity index (χ4v) is 3.10. The van der Waals surface area contributed by atoms with Crippen molar-refractivity contribution in [2.24, 2.45) is 11.1 Å². The predicted octanol–water partition coefficient (Wildman–Crippen LogP) is 3.40. The van der Waals surface area contributed by atoms with Crippen LogP contribution in [0, 0.1) is 5.41 Å². The first kappa shape index (κ1) is 18.7. The van der Waals surface area contributed by atoms with Gasteiger partial charge in [-0.2, -0.15) is 0 Å². The molecule has 1 fully saturated rings. The Labute approximate surface area is 124 Å². The van der Waals surface area contributed by atoms with E-state index in [1.165, 1.54) is 19.3 Å². The molecular formula is C15H31ClN2O. The van der Waals surface area contributed by atoms with Crippen LogP contribution in [0.1, 0.15) is 71.6 Å². The SMILES string of the molecule is CCCC(CC)NC(=O)CC1(CN)CCCCC1.Cl. The summed E-state index contributed by atoms with van der Waals surface area (Å²) < 4.78 is 0. The smallest absolute Gasteiger partial charge is 0.220 e. The van der Waals surface area contributed by atoms with Gasteiger partial charge in [0.05, 0.1) is 0 Å². The molecule has 0 radical (unpaired) electrons. The Morgan fingerprint density at radius 2 is 1.89 bits per heavy atom. The van der Waals surface area contributed by atoms with E-state index in [9.17, 15) is 4.79 Å². The van der Waals surface area contributed by atoms with E-state index in [4.69, 9.17) is 5.73 Å². The summed E-state index contributed by atoms with van der Waals surface area (Å²) in [5, 5.41) is 3.18. The highest BCUT2D eigenvalue weighted by molar-refractivity contribution is 5.85. The first-order valence-corrected chi connectivity index (χ1v) is 7.65. The van der Waals surface area contributed by atoms with Crippen molar-refractivity contribution in [3.8, 4) is 0 Å². The van der Waals surface area contributed by atoms with Crippen molar-refractivity contribution in [1.29, 1.82) is 0 Å². The molecule has 4 heteroatoms. The van der Waals surface area contributed by atoms with Crippen molar-refractivity contribution in [2.45, 2.75) is 77.7 Å². The highest BCUT2D eigenvalue weighted by atomic mass is 35.5. The lowest BCUT2D eigenvalue weighted by Crippen LogP contribution is -2.41. The van der Waals surface area contributed by atoms with Gasteiger partial charge in [-0.05, 0) is 37.6 Å². The molecular weight excluding hydrogens is 260 g/mol. The third-order valence-electron chi connectivity index (χ3n) is 4.38. The number of hydrogen-bond donors (Lipinski definition) is 2. The van der Waals surface area contributed by atoms with Crippen molar-refractivity contribution >= 4 is 18.3 Å². The molecule has 0 aliphatic heterocycles. The fourth-order valence-electron chi connectivity index (χ4n) is 3.10. The third kappa shape index (κ3) is 6.13. The highest BCUT2D eigenvalue weighted by Crippen LogP contribution is 2.38. The Hall–Kier alpha value is -0.280. The Morgan fingerprint density at radius 3 is 2.37 bits per heavy atom. The monoisotopic (exact) mass is 290 g/mol. The van der Waals surface area contributed by atoms with Gasteiger partial charge in [0.1, 0.15) is 0 Å². The van der Waals surface area contributed by atoms with Crippen LogP contribution in [0.2, 0.25) is 0 Å². The van der Waals surface area contributed by atoms with E-state index in [1.807, 2.05) is 0 Å². The van der Waals surface area contributed by atoms with E-state index in [1.54, 1.807) is 0 Å². The van der Waals surface area contributed by atoms with Crippen LogP contribution in [0.15, 0.2) is 0 Å². The molecule has 114 valence electrons. The van der Waals surface area contributed by atoms with Gasteiger partial charge in [0, 0.05) is 12.5 Å². The van der Waals surface area contributed by atoms with Gasteiger partial charge in [-0.15, -0.1) is 12.4 Å². The summed E-state index contributed by atoms with van der Waals surface area (Å²) >= 11 is 0. The van der Waals surface area contributed by atoms with Gasteiger partial charge < -0.3 is 11.1 Å². The summed E-state index contributed by atoms with van der Waals surface area (Å²) in [6.45, 7) is 4.96. The van der Waals surface area contributed by atoms with Crippen LogP contribution in [-0.4, -0.2) is 18.5 Å². The fraction of sp³-hybridized carbons (Fsp3) is 0.933. The molecule has 0 aromatic rings. The number of hydrogen-bond acceptors (Lipinski definition) is 2. The maximum Gasteiger partial charge on any atom is 0.220 e. The van der Waals surface area contributed by atoms with Crippen LogP contribution in [-0.2, 0) is 4.79 Å². The summed E-state index contributed by atoms with van der Waals surface area (Å²) in [5.74, 6) is 0.211. The lowest BCUT2D eigenvalue weighted by atomic mass is 9.71. The maximum atomic E-state index is 12.2. The standard InChI is InChI=1S/C15H30N2O.ClH/c1-3-8-13(4-2)17-14(18)11-15(12-16)9-6-5-7-10-15;/h13H,3-12,16H2,1-2H3,(H,17,18);1H. The number of carbonyl (C=O) groups is 1. The molecule has 3 N–H and O–H groups in total. The van der Waals surface area contributed by atoms with E-state index in [0.717, 1.165) is 32.1 Å². The molecule has 1 aliphatic rings. The molecule has 1 saturated carbocycles. The molecule has 1 rings (SSSR count). The predicted molar refractivity (Wildman–Crippen MR) is 83.6 cm³/mol. The molecule has 19 heavy (non-hydrogen) atoms. The van der Waals surface area contributed by atoms with Gasteiger partial charge in [0.15, 0.2) is 0 Å². The van der Waals surface area contributed by atoms with Gasteiger partial charge >= 0.3 is 0 Å². The van der Waals surface area contributed by atoms with Gasteiger partial charge in [-0.25, -0.2) is 0 Å².